The number of benzene rings is 1. The molecule has 0 spiro atoms. The lowest BCUT2D eigenvalue weighted by Crippen LogP contribution is -2.17. The lowest BCUT2D eigenvalue weighted by molar-refractivity contribution is 0.276. The summed E-state index contributed by atoms with van der Waals surface area (Å²) < 4.78 is 0. The van der Waals surface area contributed by atoms with Crippen LogP contribution in [0.4, 0.5) is 0 Å². The third-order valence-electron chi connectivity index (χ3n) is 4.77. The predicted octanol–water partition coefficient (Wildman–Crippen LogP) is 4.86. The molecule has 22 heavy (non-hydrogen) atoms. The van der Waals surface area contributed by atoms with E-state index in [2.05, 4.69) is 35.3 Å². The number of unbranched alkanes of at least 4 members (excludes halogenated alkanes) is 7. The van der Waals surface area contributed by atoms with E-state index in [1.165, 1.54) is 63.5 Å². The van der Waals surface area contributed by atoms with Crippen LogP contribution in [-0.4, -0.2) is 18.5 Å². The van der Waals surface area contributed by atoms with E-state index in [4.69, 9.17) is 0 Å². The molecule has 0 aliphatic carbocycles. The van der Waals surface area contributed by atoms with Gasteiger partial charge in [-0.25, -0.2) is 0 Å². The molecule has 0 saturated heterocycles. The Morgan fingerprint density at radius 3 is 2.32 bits per heavy atom. The van der Waals surface area contributed by atoms with E-state index in [9.17, 15) is 0 Å². The van der Waals surface area contributed by atoms with Gasteiger partial charge in [-0.15, -0.1) is 0 Å². The van der Waals surface area contributed by atoms with Crippen molar-refractivity contribution in [1.82, 2.24) is 10.2 Å². The Bertz CT molecular complexity index is 428. The fourth-order valence-corrected chi connectivity index (χ4v) is 3.46. The highest BCUT2D eigenvalue weighted by atomic mass is 15.1. The van der Waals surface area contributed by atoms with E-state index in [-0.39, 0.29) is 0 Å². The summed E-state index contributed by atoms with van der Waals surface area (Å²) in [6, 6.07) is 6.99. The number of nitrogens with zero attached hydrogens (tertiary/aromatic N) is 1. The van der Waals surface area contributed by atoms with Gasteiger partial charge in [0, 0.05) is 19.6 Å². The summed E-state index contributed by atoms with van der Waals surface area (Å²) in [5.74, 6) is 0. The second kappa shape index (κ2) is 10.0. The topological polar surface area (TPSA) is 15.3 Å². The lowest BCUT2D eigenvalue weighted by atomic mass is 10.1. The van der Waals surface area contributed by atoms with Crippen molar-refractivity contribution in [2.45, 2.75) is 77.9 Å². The Kier molecular flexibility index (Phi) is 7.96. The Morgan fingerprint density at radius 2 is 1.59 bits per heavy atom. The standard InChI is InChI=1S/C20H34N2/c1-3-4-5-6-7-8-9-10-13-22-16-19-12-11-18(15-21-2)14-20(19)17-22/h11-12,14,21H,3-10,13,15-17H2,1-2H3. The summed E-state index contributed by atoms with van der Waals surface area (Å²) in [5, 5.41) is 3.24. The first-order valence-corrected chi connectivity index (χ1v) is 9.31. The van der Waals surface area contributed by atoms with E-state index in [0.717, 1.165) is 19.6 Å². The van der Waals surface area contributed by atoms with E-state index in [0.29, 0.717) is 0 Å². The molecular formula is C20H34N2. The second-order valence-electron chi connectivity index (χ2n) is 6.82. The van der Waals surface area contributed by atoms with Gasteiger partial charge in [0.05, 0.1) is 0 Å². The van der Waals surface area contributed by atoms with Crippen molar-refractivity contribution in [3.63, 3.8) is 0 Å². The lowest BCUT2D eigenvalue weighted by Gasteiger charge is -2.14. The fraction of sp³-hybridized carbons (Fsp3) is 0.700. The van der Waals surface area contributed by atoms with Crippen LogP contribution in [-0.2, 0) is 19.6 Å². The van der Waals surface area contributed by atoms with Gasteiger partial charge in [-0.3, -0.25) is 4.90 Å². The molecule has 0 aromatic heterocycles. The highest BCUT2D eigenvalue weighted by Gasteiger charge is 2.18. The summed E-state index contributed by atoms with van der Waals surface area (Å²) in [5.41, 5.74) is 4.50. The molecule has 1 N–H and O–H groups in total. The predicted molar refractivity (Wildman–Crippen MR) is 95.9 cm³/mol. The van der Waals surface area contributed by atoms with Crippen LogP contribution >= 0.6 is 0 Å². The van der Waals surface area contributed by atoms with E-state index < -0.39 is 0 Å². The first-order valence-electron chi connectivity index (χ1n) is 9.31. The van der Waals surface area contributed by atoms with Crippen molar-refractivity contribution in [1.29, 1.82) is 0 Å². The van der Waals surface area contributed by atoms with Crippen LogP contribution in [0.5, 0.6) is 0 Å². The molecule has 0 amide bonds. The van der Waals surface area contributed by atoms with Crippen molar-refractivity contribution in [2.75, 3.05) is 13.6 Å². The van der Waals surface area contributed by atoms with E-state index >= 15 is 0 Å². The molecule has 0 fully saturated rings. The summed E-state index contributed by atoms with van der Waals surface area (Å²) in [4.78, 5) is 2.62. The Morgan fingerprint density at radius 1 is 0.909 bits per heavy atom. The average molecular weight is 303 g/mol. The second-order valence-corrected chi connectivity index (χ2v) is 6.82. The largest absolute Gasteiger partial charge is 0.316 e. The molecule has 0 radical (unpaired) electrons. The summed E-state index contributed by atoms with van der Waals surface area (Å²) in [6.07, 6.45) is 11.3. The fourth-order valence-electron chi connectivity index (χ4n) is 3.46. The van der Waals surface area contributed by atoms with Gasteiger partial charge in [-0.1, -0.05) is 70.1 Å². The first-order chi connectivity index (χ1) is 10.8. The molecule has 2 rings (SSSR count). The molecule has 0 bridgehead atoms. The quantitative estimate of drug-likeness (QED) is 0.587. The molecule has 1 aliphatic rings. The SMILES string of the molecule is CCCCCCCCCCN1Cc2ccc(CNC)cc2C1. The third-order valence-corrected chi connectivity index (χ3v) is 4.77. The van der Waals surface area contributed by atoms with Crippen LogP contribution < -0.4 is 5.32 Å². The maximum atomic E-state index is 3.24. The zero-order chi connectivity index (χ0) is 15.6. The highest BCUT2D eigenvalue weighted by molar-refractivity contribution is 5.34. The number of rotatable bonds is 11. The van der Waals surface area contributed by atoms with Crippen LogP contribution in [0, 0.1) is 0 Å². The minimum absolute atomic E-state index is 0.977. The van der Waals surface area contributed by atoms with Crippen LogP contribution in [0.2, 0.25) is 0 Å². The molecule has 2 heteroatoms. The van der Waals surface area contributed by atoms with Gasteiger partial charge in [-0.2, -0.15) is 0 Å². The summed E-state index contributed by atoms with van der Waals surface area (Å²) >= 11 is 0. The van der Waals surface area contributed by atoms with Gasteiger partial charge in [0.25, 0.3) is 0 Å². The molecule has 0 unspecified atom stereocenters. The van der Waals surface area contributed by atoms with Crippen LogP contribution in [0.15, 0.2) is 18.2 Å². The Hall–Kier alpha value is -0.860. The van der Waals surface area contributed by atoms with Crippen LogP contribution in [0.25, 0.3) is 0 Å². The molecule has 0 saturated carbocycles. The van der Waals surface area contributed by atoms with Gasteiger partial charge >= 0.3 is 0 Å². The maximum absolute atomic E-state index is 3.24. The third kappa shape index (κ3) is 5.73. The van der Waals surface area contributed by atoms with Gasteiger partial charge in [0.1, 0.15) is 0 Å². The van der Waals surface area contributed by atoms with Crippen molar-refractivity contribution in [3.8, 4) is 0 Å². The Balaban J connectivity index is 1.59. The normalized spacial score (nSPS) is 14.5. The summed E-state index contributed by atoms with van der Waals surface area (Å²) in [6.45, 7) is 6.85. The van der Waals surface area contributed by atoms with Crippen LogP contribution in [0.1, 0.15) is 75.0 Å². The molecule has 0 atom stereocenters. The van der Waals surface area contributed by atoms with Gasteiger partial charge in [-0.05, 0) is 36.7 Å². The first kappa shape index (κ1) is 17.5. The maximum Gasteiger partial charge on any atom is 0.0240 e. The Labute approximate surface area is 137 Å². The van der Waals surface area contributed by atoms with Gasteiger partial charge in [0.15, 0.2) is 0 Å². The smallest absolute Gasteiger partial charge is 0.0240 e. The van der Waals surface area contributed by atoms with Crippen molar-refractivity contribution < 1.29 is 0 Å². The molecule has 1 aliphatic heterocycles. The number of hydrogen-bond donors (Lipinski definition) is 1. The minimum atomic E-state index is 0.977. The van der Waals surface area contributed by atoms with Crippen molar-refractivity contribution >= 4 is 0 Å². The number of hydrogen-bond acceptors (Lipinski definition) is 2. The molecule has 1 aromatic carbocycles. The molecule has 2 nitrogen and oxygen atoms in total. The minimum Gasteiger partial charge on any atom is -0.316 e. The molecule has 1 aromatic rings. The zero-order valence-corrected chi connectivity index (χ0v) is 14.7. The molecule has 1 heterocycles. The van der Waals surface area contributed by atoms with E-state index in [1.54, 1.807) is 11.1 Å². The van der Waals surface area contributed by atoms with Gasteiger partial charge in [0.2, 0.25) is 0 Å². The average Bonchev–Trinajstić information content (AvgIpc) is 2.92. The van der Waals surface area contributed by atoms with E-state index in [1.807, 2.05) is 7.05 Å². The zero-order valence-electron chi connectivity index (χ0n) is 14.7. The summed E-state index contributed by atoms with van der Waals surface area (Å²) in [7, 11) is 2.02. The van der Waals surface area contributed by atoms with Crippen molar-refractivity contribution in [3.05, 3.63) is 34.9 Å². The van der Waals surface area contributed by atoms with Crippen molar-refractivity contribution in [2.24, 2.45) is 0 Å². The highest BCUT2D eigenvalue weighted by Crippen LogP contribution is 2.24. The number of fused-ring (bicyclic) bond motifs is 1. The van der Waals surface area contributed by atoms with Crippen LogP contribution in [0.3, 0.4) is 0 Å². The number of nitrogens with one attached hydrogen (secondary N) is 1. The molecular weight excluding hydrogens is 268 g/mol. The molecule has 124 valence electrons. The monoisotopic (exact) mass is 302 g/mol. The van der Waals surface area contributed by atoms with Gasteiger partial charge < -0.3 is 5.32 Å².